The molecule has 21 heavy (non-hydrogen) atoms. The molecular formula is C15H11F2N3O. The number of rotatable bonds is 2. The number of nitrogens with zero attached hydrogens (tertiary/aromatic N) is 2. The first-order chi connectivity index (χ1) is 10.0. The third-order valence-electron chi connectivity index (χ3n) is 2.99. The fourth-order valence-corrected chi connectivity index (χ4v) is 1.99. The van der Waals surface area contributed by atoms with Gasteiger partial charge < -0.3 is 10.3 Å². The van der Waals surface area contributed by atoms with Crippen LogP contribution in [0.2, 0.25) is 0 Å². The summed E-state index contributed by atoms with van der Waals surface area (Å²) in [6.45, 7) is 1.90. The van der Waals surface area contributed by atoms with Crippen molar-refractivity contribution in [2.24, 2.45) is 0 Å². The lowest BCUT2D eigenvalue weighted by Gasteiger charge is -2.01. The number of benzene rings is 2. The fourth-order valence-electron chi connectivity index (χ4n) is 1.99. The molecule has 0 unspecified atom stereocenters. The Hall–Kier alpha value is -2.76. The van der Waals surface area contributed by atoms with E-state index in [1.165, 1.54) is 0 Å². The van der Waals surface area contributed by atoms with E-state index in [4.69, 9.17) is 10.3 Å². The van der Waals surface area contributed by atoms with Crippen LogP contribution in [0.25, 0.3) is 22.8 Å². The highest BCUT2D eigenvalue weighted by molar-refractivity contribution is 5.72. The van der Waals surface area contributed by atoms with Crippen LogP contribution in [0.4, 0.5) is 14.5 Å². The number of hydrogen-bond donors (Lipinski definition) is 1. The summed E-state index contributed by atoms with van der Waals surface area (Å²) in [6.07, 6.45) is 0. The predicted molar refractivity (Wildman–Crippen MR) is 74.2 cm³/mol. The summed E-state index contributed by atoms with van der Waals surface area (Å²) in [4.78, 5) is 4.14. The number of anilines is 1. The van der Waals surface area contributed by atoms with E-state index < -0.39 is 11.6 Å². The first-order valence-electron chi connectivity index (χ1n) is 6.19. The molecule has 0 aliphatic rings. The van der Waals surface area contributed by atoms with E-state index in [-0.39, 0.29) is 17.3 Å². The van der Waals surface area contributed by atoms with Crippen molar-refractivity contribution in [2.45, 2.75) is 6.92 Å². The van der Waals surface area contributed by atoms with Crippen LogP contribution in [0.5, 0.6) is 0 Å². The number of hydrogen-bond acceptors (Lipinski definition) is 4. The van der Waals surface area contributed by atoms with Crippen molar-refractivity contribution in [1.29, 1.82) is 0 Å². The molecule has 0 bridgehead atoms. The van der Waals surface area contributed by atoms with Crippen LogP contribution < -0.4 is 5.73 Å². The van der Waals surface area contributed by atoms with E-state index in [0.29, 0.717) is 11.3 Å². The van der Waals surface area contributed by atoms with E-state index in [9.17, 15) is 8.78 Å². The van der Waals surface area contributed by atoms with Gasteiger partial charge in [0.15, 0.2) is 0 Å². The Balaban J connectivity index is 2.05. The van der Waals surface area contributed by atoms with Gasteiger partial charge in [-0.2, -0.15) is 4.98 Å². The molecule has 3 aromatic rings. The molecule has 0 fully saturated rings. The molecule has 3 rings (SSSR count). The van der Waals surface area contributed by atoms with Crippen LogP contribution in [0.1, 0.15) is 5.56 Å². The quantitative estimate of drug-likeness (QED) is 0.732. The lowest BCUT2D eigenvalue weighted by atomic mass is 10.1. The summed E-state index contributed by atoms with van der Waals surface area (Å²) < 4.78 is 31.6. The molecular weight excluding hydrogens is 276 g/mol. The number of nitrogen functional groups attached to an aromatic ring is 1. The van der Waals surface area contributed by atoms with Crippen molar-refractivity contribution in [3.8, 4) is 22.8 Å². The molecule has 4 nitrogen and oxygen atoms in total. The van der Waals surface area contributed by atoms with Crippen molar-refractivity contribution in [3.05, 3.63) is 53.6 Å². The smallest absolute Gasteiger partial charge is 0.260 e. The van der Waals surface area contributed by atoms with Crippen molar-refractivity contribution in [3.63, 3.8) is 0 Å². The van der Waals surface area contributed by atoms with Crippen LogP contribution >= 0.6 is 0 Å². The van der Waals surface area contributed by atoms with E-state index >= 15 is 0 Å². The van der Waals surface area contributed by atoms with Gasteiger partial charge in [0.05, 0.1) is 5.56 Å². The maximum Gasteiger partial charge on any atom is 0.260 e. The molecule has 0 radical (unpaired) electrons. The van der Waals surface area contributed by atoms with Gasteiger partial charge in [0.25, 0.3) is 5.89 Å². The monoisotopic (exact) mass is 287 g/mol. The highest BCUT2D eigenvalue weighted by Crippen LogP contribution is 2.28. The maximum atomic E-state index is 13.2. The molecule has 0 atom stereocenters. The van der Waals surface area contributed by atoms with Crippen molar-refractivity contribution < 1.29 is 13.3 Å². The minimum absolute atomic E-state index is 0.101. The molecule has 0 saturated heterocycles. The van der Waals surface area contributed by atoms with Crippen LogP contribution in [0.3, 0.4) is 0 Å². The maximum absolute atomic E-state index is 13.2. The highest BCUT2D eigenvalue weighted by Gasteiger charge is 2.14. The molecule has 0 saturated carbocycles. The summed E-state index contributed by atoms with van der Waals surface area (Å²) in [6, 6.07) is 8.45. The van der Waals surface area contributed by atoms with E-state index in [0.717, 1.165) is 23.8 Å². The number of nitrogens with two attached hydrogens (primary N) is 1. The minimum Gasteiger partial charge on any atom is -0.398 e. The highest BCUT2D eigenvalue weighted by atomic mass is 19.1. The topological polar surface area (TPSA) is 64.9 Å². The van der Waals surface area contributed by atoms with Crippen molar-refractivity contribution in [2.75, 3.05) is 5.73 Å². The normalized spacial score (nSPS) is 10.8. The average Bonchev–Trinajstić information content (AvgIpc) is 2.90. The Labute approximate surface area is 119 Å². The molecule has 0 spiro atoms. The zero-order valence-electron chi connectivity index (χ0n) is 11.1. The van der Waals surface area contributed by atoms with Gasteiger partial charge in [0.2, 0.25) is 5.82 Å². The lowest BCUT2D eigenvalue weighted by Crippen LogP contribution is -1.91. The zero-order chi connectivity index (χ0) is 15.0. The van der Waals surface area contributed by atoms with Crippen LogP contribution in [0.15, 0.2) is 40.9 Å². The van der Waals surface area contributed by atoms with Crippen molar-refractivity contribution >= 4 is 5.69 Å². The molecule has 0 aliphatic heterocycles. The summed E-state index contributed by atoms with van der Waals surface area (Å²) in [5.41, 5.74) is 8.13. The third-order valence-corrected chi connectivity index (χ3v) is 2.99. The number of aryl methyl sites for hydroxylation is 1. The van der Waals surface area contributed by atoms with E-state index in [1.54, 1.807) is 12.1 Å². The molecule has 1 aromatic heterocycles. The Bertz CT molecular complexity index is 794. The van der Waals surface area contributed by atoms with Gasteiger partial charge in [-0.25, -0.2) is 8.78 Å². The second kappa shape index (κ2) is 4.97. The average molecular weight is 287 g/mol. The van der Waals surface area contributed by atoms with Crippen LogP contribution in [-0.2, 0) is 0 Å². The number of halogens is 2. The first-order valence-corrected chi connectivity index (χ1v) is 6.19. The van der Waals surface area contributed by atoms with E-state index in [2.05, 4.69) is 10.1 Å². The summed E-state index contributed by atoms with van der Waals surface area (Å²) in [5, 5.41) is 3.74. The van der Waals surface area contributed by atoms with Crippen molar-refractivity contribution in [1.82, 2.24) is 10.1 Å². The molecule has 0 amide bonds. The molecule has 6 heteroatoms. The lowest BCUT2D eigenvalue weighted by molar-refractivity contribution is 0.432. The Morgan fingerprint density at radius 2 is 1.76 bits per heavy atom. The molecule has 106 valence electrons. The van der Waals surface area contributed by atoms with Gasteiger partial charge in [-0.15, -0.1) is 0 Å². The van der Waals surface area contributed by atoms with Crippen LogP contribution in [-0.4, -0.2) is 10.1 Å². The second-order valence-corrected chi connectivity index (χ2v) is 4.67. The molecule has 2 aromatic carbocycles. The standard InChI is InChI=1S/C15H11F2N3O/c1-8-2-3-13(18)12(4-8)15-19-14(20-21-15)9-5-10(16)7-11(17)6-9/h2-7H,18H2,1H3. The van der Waals surface area contributed by atoms with Gasteiger partial charge in [0.1, 0.15) is 11.6 Å². The SMILES string of the molecule is Cc1ccc(N)c(-c2nc(-c3cc(F)cc(F)c3)no2)c1. The zero-order valence-corrected chi connectivity index (χ0v) is 11.1. The first kappa shape index (κ1) is 13.2. The van der Waals surface area contributed by atoms with Gasteiger partial charge in [-0.05, 0) is 31.2 Å². The van der Waals surface area contributed by atoms with Crippen LogP contribution in [0, 0.1) is 18.6 Å². The minimum atomic E-state index is -0.702. The molecule has 1 heterocycles. The second-order valence-electron chi connectivity index (χ2n) is 4.67. The number of aromatic nitrogens is 2. The Kier molecular flexibility index (Phi) is 3.13. The summed E-state index contributed by atoms with van der Waals surface area (Å²) >= 11 is 0. The van der Waals surface area contributed by atoms with Gasteiger partial charge in [-0.1, -0.05) is 16.8 Å². The Morgan fingerprint density at radius 3 is 2.48 bits per heavy atom. The summed E-state index contributed by atoms with van der Waals surface area (Å²) in [5.74, 6) is -1.10. The largest absolute Gasteiger partial charge is 0.398 e. The third kappa shape index (κ3) is 2.60. The van der Waals surface area contributed by atoms with E-state index in [1.807, 2.05) is 13.0 Å². The fraction of sp³-hybridized carbons (Fsp3) is 0.0667. The van der Waals surface area contributed by atoms with Gasteiger partial charge >= 0.3 is 0 Å². The predicted octanol–water partition coefficient (Wildman–Crippen LogP) is 3.57. The summed E-state index contributed by atoms with van der Waals surface area (Å²) in [7, 11) is 0. The van der Waals surface area contributed by atoms with Gasteiger partial charge in [-0.3, -0.25) is 0 Å². The van der Waals surface area contributed by atoms with Gasteiger partial charge in [0, 0.05) is 17.3 Å². The molecule has 0 aliphatic carbocycles. The Morgan fingerprint density at radius 1 is 1.05 bits per heavy atom. The molecule has 2 N–H and O–H groups in total.